The lowest BCUT2D eigenvalue weighted by atomic mass is 10.2. The topological polar surface area (TPSA) is 76.5 Å². The van der Waals surface area contributed by atoms with Crippen LogP contribution in [-0.2, 0) is 22.6 Å². The highest BCUT2D eigenvalue weighted by atomic mass is 35.5. The second-order valence-electron chi connectivity index (χ2n) is 6.25. The molecule has 1 saturated heterocycles. The smallest absolute Gasteiger partial charge is 0.255 e. The molecule has 1 aromatic heterocycles. The van der Waals surface area contributed by atoms with Crippen LogP contribution in [0.5, 0.6) is 0 Å². The zero-order valence-electron chi connectivity index (χ0n) is 14.9. The molecule has 3 rings (SSSR count). The van der Waals surface area contributed by atoms with Gasteiger partial charge in [0.15, 0.2) is 0 Å². The van der Waals surface area contributed by atoms with Crippen molar-refractivity contribution < 1.29 is 13.9 Å². The van der Waals surface area contributed by atoms with Crippen molar-refractivity contribution in [1.82, 2.24) is 14.9 Å². The second-order valence-corrected chi connectivity index (χ2v) is 6.65. The summed E-state index contributed by atoms with van der Waals surface area (Å²) >= 11 is 5.74. The van der Waals surface area contributed by atoms with E-state index in [1.165, 1.54) is 22.8 Å². The lowest BCUT2D eigenvalue weighted by molar-refractivity contribution is -0.121. The molecule has 27 heavy (non-hydrogen) atoms. The SMILES string of the molecule is Cc1cc(=O)n(CC(=O)NCc2ccc(F)c(Cl)c2)c(N2CCOCC2)n1. The number of anilines is 1. The Morgan fingerprint density at radius 3 is 2.78 bits per heavy atom. The Labute approximate surface area is 160 Å². The third-order valence-electron chi connectivity index (χ3n) is 4.19. The standard InChI is InChI=1S/C18H20ClFN4O3/c1-12-8-17(26)24(18(22-12)23-4-6-27-7-5-23)11-16(25)21-10-13-2-3-15(20)14(19)9-13/h2-3,8-9H,4-7,10-11H2,1H3,(H,21,25). The number of halogens is 2. The van der Waals surface area contributed by atoms with E-state index >= 15 is 0 Å². The summed E-state index contributed by atoms with van der Waals surface area (Å²) in [4.78, 5) is 31.2. The number of morpholine rings is 1. The Morgan fingerprint density at radius 1 is 1.33 bits per heavy atom. The van der Waals surface area contributed by atoms with Crippen LogP contribution in [0.4, 0.5) is 10.3 Å². The number of nitrogens with zero attached hydrogens (tertiary/aromatic N) is 3. The van der Waals surface area contributed by atoms with Gasteiger partial charge in [-0.1, -0.05) is 17.7 Å². The number of aromatic nitrogens is 2. The molecular formula is C18H20ClFN4O3. The van der Waals surface area contributed by atoms with Crippen LogP contribution in [0.3, 0.4) is 0 Å². The van der Waals surface area contributed by atoms with Crippen molar-refractivity contribution in [3.63, 3.8) is 0 Å². The van der Waals surface area contributed by atoms with Gasteiger partial charge < -0.3 is 15.0 Å². The quantitative estimate of drug-likeness (QED) is 0.831. The molecule has 0 saturated carbocycles. The molecule has 1 aliphatic rings. The summed E-state index contributed by atoms with van der Waals surface area (Å²) in [6.45, 7) is 4.06. The van der Waals surface area contributed by atoms with E-state index in [-0.39, 0.29) is 29.6 Å². The third-order valence-corrected chi connectivity index (χ3v) is 4.48. The van der Waals surface area contributed by atoms with Gasteiger partial charge in [-0.25, -0.2) is 9.37 Å². The van der Waals surface area contributed by atoms with Crippen molar-refractivity contribution >= 4 is 23.5 Å². The molecule has 0 aliphatic carbocycles. The van der Waals surface area contributed by atoms with E-state index in [1.54, 1.807) is 13.0 Å². The average molecular weight is 395 g/mol. The number of carbonyl (C=O) groups is 1. The maximum atomic E-state index is 13.2. The number of hydrogen-bond acceptors (Lipinski definition) is 5. The van der Waals surface area contributed by atoms with Crippen LogP contribution in [0.2, 0.25) is 5.02 Å². The van der Waals surface area contributed by atoms with Crippen LogP contribution in [0, 0.1) is 12.7 Å². The zero-order valence-corrected chi connectivity index (χ0v) is 15.6. The number of rotatable bonds is 5. The van der Waals surface area contributed by atoms with Crippen molar-refractivity contribution in [3.8, 4) is 0 Å². The van der Waals surface area contributed by atoms with E-state index in [0.717, 1.165) is 0 Å². The van der Waals surface area contributed by atoms with Crippen LogP contribution >= 0.6 is 11.6 Å². The molecule has 1 fully saturated rings. The highest BCUT2D eigenvalue weighted by Crippen LogP contribution is 2.16. The molecule has 9 heteroatoms. The fraction of sp³-hybridized carbons (Fsp3) is 0.389. The number of amides is 1. The minimum absolute atomic E-state index is 0.00435. The van der Waals surface area contributed by atoms with E-state index in [1.807, 2.05) is 4.90 Å². The average Bonchev–Trinajstić information content (AvgIpc) is 2.65. The summed E-state index contributed by atoms with van der Waals surface area (Å²) in [5.74, 6) is -0.403. The summed E-state index contributed by atoms with van der Waals surface area (Å²) in [5, 5.41) is 2.71. The molecule has 0 radical (unpaired) electrons. The first-order valence-electron chi connectivity index (χ1n) is 8.56. The highest BCUT2D eigenvalue weighted by Gasteiger charge is 2.19. The first kappa shape index (κ1) is 19.3. The molecule has 0 atom stereocenters. The minimum atomic E-state index is -0.515. The van der Waals surface area contributed by atoms with Crippen molar-refractivity contribution in [2.45, 2.75) is 20.0 Å². The Balaban J connectivity index is 1.73. The van der Waals surface area contributed by atoms with E-state index < -0.39 is 5.82 Å². The monoisotopic (exact) mass is 394 g/mol. The molecular weight excluding hydrogens is 375 g/mol. The maximum Gasteiger partial charge on any atom is 0.255 e. The summed E-state index contributed by atoms with van der Waals surface area (Å²) < 4.78 is 19.9. The molecule has 7 nitrogen and oxygen atoms in total. The van der Waals surface area contributed by atoms with Gasteiger partial charge in [-0.15, -0.1) is 0 Å². The van der Waals surface area contributed by atoms with Crippen LogP contribution < -0.4 is 15.8 Å². The van der Waals surface area contributed by atoms with Gasteiger partial charge in [0.05, 0.1) is 18.2 Å². The Bertz CT molecular complexity index is 897. The fourth-order valence-electron chi connectivity index (χ4n) is 2.81. The minimum Gasteiger partial charge on any atom is -0.378 e. The Morgan fingerprint density at radius 2 is 2.07 bits per heavy atom. The molecule has 144 valence electrons. The molecule has 1 amide bonds. The van der Waals surface area contributed by atoms with E-state index in [9.17, 15) is 14.0 Å². The Hall–Kier alpha value is -2.45. The van der Waals surface area contributed by atoms with E-state index in [2.05, 4.69) is 10.3 Å². The molecule has 0 bridgehead atoms. The number of aryl methyl sites for hydroxylation is 1. The van der Waals surface area contributed by atoms with Gasteiger partial charge in [0.2, 0.25) is 11.9 Å². The van der Waals surface area contributed by atoms with Gasteiger partial charge in [-0.05, 0) is 24.6 Å². The molecule has 2 heterocycles. The summed E-state index contributed by atoms with van der Waals surface area (Å²) in [5.41, 5.74) is 0.973. The molecule has 0 spiro atoms. The highest BCUT2D eigenvalue weighted by molar-refractivity contribution is 6.30. The molecule has 1 aliphatic heterocycles. The zero-order chi connectivity index (χ0) is 19.4. The summed E-state index contributed by atoms with van der Waals surface area (Å²) in [6.07, 6.45) is 0. The van der Waals surface area contributed by atoms with Gasteiger partial charge >= 0.3 is 0 Å². The lowest BCUT2D eigenvalue weighted by Crippen LogP contribution is -2.42. The van der Waals surface area contributed by atoms with Crippen molar-refractivity contribution in [1.29, 1.82) is 0 Å². The maximum absolute atomic E-state index is 13.2. The second kappa shape index (κ2) is 8.49. The van der Waals surface area contributed by atoms with Crippen LogP contribution in [0.25, 0.3) is 0 Å². The molecule has 1 aromatic carbocycles. The van der Waals surface area contributed by atoms with Crippen LogP contribution in [0.1, 0.15) is 11.3 Å². The molecule has 0 unspecified atom stereocenters. The molecule has 2 aromatic rings. The lowest BCUT2D eigenvalue weighted by Gasteiger charge is -2.29. The number of ether oxygens (including phenoxy) is 1. The van der Waals surface area contributed by atoms with Gasteiger partial charge in [0, 0.05) is 31.4 Å². The van der Waals surface area contributed by atoms with Crippen LogP contribution in [0.15, 0.2) is 29.1 Å². The van der Waals surface area contributed by atoms with E-state index in [4.69, 9.17) is 16.3 Å². The summed E-state index contributed by atoms with van der Waals surface area (Å²) in [7, 11) is 0. The van der Waals surface area contributed by atoms with Crippen molar-refractivity contribution in [2.24, 2.45) is 0 Å². The van der Waals surface area contributed by atoms with Gasteiger partial charge in [0.1, 0.15) is 12.4 Å². The van der Waals surface area contributed by atoms with E-state index in [0.29, 0.717) is 43.5 Å². The van der Waals surface area contributed by atoms with Gasteiger partial charge in [-0.2, -0.15) is 0 Å². The first-order chi connectivity index (χ1) is 12.9. The van der Waals surface area contributed by atoms with Gasteiger partial charge in [-0.3, -0.25) is 14.2 Å². The first-order valence-corrected chi connectivity index (χ1v) is 8.93. The number of hydrogen-bond donors (Lipinski definition) is 1. The third kappa shape index (κ3) is 4.84. The van der Waals surface area contributed by atoms with Crippen molar-refractivity contribution in [2.75, 3.05) is 31.2 Å². The predicted molar refractivity (Wildman–Crippen MR) is 99.5 cm³/mol. The summed E-state index contributed by atoms with van der Waals surface area (Å²) in [6, 6.07) is 5.64. The normalized spacial score (nSPS) is 14.3. The molecule has 1 N–H and O–H groups in total. The number of carbonyl (C=O) groups excluding carboxylic acids is 1. The van der Waals surface area contributed by atoms with Crippen molar-refractivity contribution in [3.05, 3.63) is 56.7 Å². The van der Waals surface area contributed by atoms with Crippen LogP contribution in [-0.4, -0.2) is 41.8 Å². The number of benzene rings is 1. The number of nitrogens with one attached hydrogen (secondary N) is 1. The van der Waals surface area contributed by atoms with Gasteiger partial charge in [0.25, 0.3) is 5.56 Å². The fourth-order valence-corrected chi connectivity index (χ4v) is 3.01. The Kier molecular flexibility index (Phi) is 6.08. The predicted octanol–water partition coefficient (Wildman–Crippen LogP) is 1.50. The largest absolute Gasteiger partial charge is 0.378 e.